The van der Waals surface area contributed by atoms with Gasteiger partial charge in [0.05, 0.1) is 22.1 Å². The molecule has 0 bridgehead atoms. The summed E-state index contributed by atoms with van der Waals surface area (Å²) in [5.74, 6) is 0. The van der Waals surface area contributed by atoms with Gasteiger partial charge in [-0.25, -0.2) is 0 Å². The summed E-state index contributed by atoms with van der Waals surface area (Å²) in [6.07, 6.45) is 0. The van der Waals surface area contributed by atoms with E-state index in [0.29, 0.717) is 0 Å². The van der Waals surface area contributed by atoms with Gasteiger partial charge in [-0.05, 0) is 53.6 Å². The quantitative estimate of drug-likeness (QED) is 0.194. The van der Waals surface area contributed by atoms with E-state index in [1.807, 2.05) is 11.3 Å². The first-order valence-electron chi connectivity index (χ1n) is 15.4. The van der Waals surface area contributed by atoms with E-state index < -0.39 is 0 Å². The number of hydrogen-bond acceptors (Lipinski definition) is 1. The van der Waals surface area contributed by atoms with E-state index in [9.17, 15) is 0 Å². The molecule has 0 radical (unpaired) electrons. The van der Waals surface area contributed by atoms with Crippen LogP contribution in [0, 0.1) is 0 Å². The molecule has 2 nitrogen and oxygen atoms in total. The topological polar surface area (TPSA) is 9.86 Å². The van der Waals surface area contributed by atoms with Gasteiger partial charge in [-0.1, -0.05) is 115 Å². The van der Waals surface area contributed by atoms with Gasteiger partial charge in [0.15, 0.2) is 0 Å². The lowest BCUT2D eigenvalue weighted by atomic mass is 10.1. The number of benzene rings is 7. The van der Waals surface area contributed by atoms with Gasteiger partial charge in [0.1, 0.15) is 0 Å². The predicted molar refractivity (Wildman–Crippen MR) is 193 cm³/mol. The average Bonchev–Trinajstić information content (AvgIpc) is 3.77. The molecule has 10 aromatic rings. The van der Waals surface area contributed by atoms with Crippen LogP contribution in [-0.4, -0.2) is 9.13 Å². The minimum Gasteiger partial charge on any atom is -0.307 e. The average molecular weight is 591 g/mol. The molecule has 0 amide bonds. The van der Waals surface area contributed by atoms with Gasteiger partial charge in [-0.3, -0.25) is 0 Å². The Kier molecular flexibility index (Phi) is 5.19. The van der Waals surface area contributed by atoms with E-state index in [2.05, 4.69) is 167 Å². The Morgan fingerprint density at radius 1 is 0.333 bits per heavy atom. The number of rotatable bonds is 3. The number of thiophene rings is 1. The van der Waals surface area contributed by atoms with E-state index in [1.54, 1.807) is 0 Å². The van der Waals surface area contributed by atoms with Gasteiger partial charge in [0.2, 0.25) is 0 Å². The molecule has 0 unspecified atom stereocenters. The summed E-state index contributed by atoms with van der Waals surface area (Å²) in [4.78, 5) is 0. The van der Waals surface area contributed by atoms with Crippen molar-refractivity contribution in [1.29, 1.82) is 0 Å². The highest BCUT2D eigenvalue weighted by Crippen LogP contribution is 2.46. The highest BCUT2D eigenvalue weighted by atomic mass is 32.1. The number of nitrogens with zero attached hydrogens (tertiary/aromatic N) is 2. The third-order valence-electron chi connectivity index (χ3n) is 9.31. The first-order chi connectivity index (χ1) is 22.3. The molecule has 0 aliphatic heterocycles. The summed E-state index contributed by atoms with van der Waals surface area (Å²) in [5, 5.41) is 7.71. The fourth-order valence-corrected chi connectivity index (χ4v) is 8.49. The summed E-state index contributed by atoms with van der Waals surface area (Å²) in [6, 6.07) is 57.6. The largest absolute Gasteiger partial charge is 0.307 e. The summed E-state index contributed by atoms with van der Waals surface area (Å²) in [5.41, 5.74) is 9.72. The van der Waals surface area contributed by atoms with Crippen LogP contribution in [0.2, 0.25) is 0 Å². The van der Waals surface area contributed by atoms with Gasteiger partial charge in [-0.15, -0.1) is 11.3 Å². The fourth-order valence-electron chi connectivity index (χ4n) is 7.38. The molecule has 0 saturated heterocycles. The fraction of sp³-hybridized carbons (Fsp3) is 0. The van der Waals surface area contributed by atoms with Crippen LogP contribution in [0.5, 0.6) is 0 Å². The van der Waals surface area contributed by atoms with E-state index >= 15 is 0 Å². The van der Waals surface area contributed by atoms with Crippen molar-refractivity contribution in [1.82, 2.24) is 9.13 Å². The predicted octanol–water partition coefficient (Wildman–Crippen LogP) is 11.9. The Balaban J connectivity index is 1.43. The van der Waals surface area contributed by atoms with Crippen molar-refractivity contribution in [3.05, 3.63) is 158 Å². The molecular formula is C42H26N2S. The SMILES string of the molecule is c1ccc(-c2ccc(-n3c4c(ccc5sc6ccccc6c54)c4ccc5c6ccccc6n(-c6ccccc6)c5c43)cc2)cc1. The molecule has 0 aliphatic rings. The van der Waals surface area contributed by atoms with Gasteiger partial charge in [0, 0.05) is 53.1 Å². The maximum absolute atomic E-state index is 2.54. The van der Waals surface area contributed by atoms with Crippen LogP contribution < -0.4 is 0 Å². The summed E-state index contributed by atoms with van der Waals surface area (Å²) < 4.78 is 7.64. The van der Waals surface area contributed by atoms with Crippen LogP contribution >= 0.6 is 11.3 Å². The lowest BCUT2D eigenvalue weighted by molar-refractivity contribution is 1.15. The van der Waals surface area contributed by atoms with Crippen LogP contribution in [0.4, 0.5) is 0 Å². The first-order valence-corrected chi connectivity index (χ1v) is 16.2. The van der Waals surface area contributed by atoms with Crippen molar-refractivity contribution in [2.45, 2.75) is 0 Å². The van der Waals surface area contributed by atoms with Crippen LogP contribution in [0.1, 0.15) is 0 Å². The molecule has 3 aromatic heterocycles. The monoisotopic (exact) mass is 590 g/mol. The first kappa shape index (κ1) is 24.8. The molecular weight excluding hydrogens is 565 g/mol. The second-order valence-electron chi connectivity index (χ2n) is 11.7. The second-order valence-corrected chi connectivity index (χ2v) is 12.8. The molecule has 7 aromatic carbocycles. The van der Waals surface area contributed by atoms with Gasteiger partial charge in [-0.2, -0.15) is 0 Å². The second kappa shape index (κ2) is 9.43. The highest BCUT2D eigenvalue weighted by Gasteiger charge is 2.23. The van der Waals surface area contributed by atoms with Crippen LogP contribution in [0.15, 0.2) is 158 Å². The minimum absolute atomic E-state index is 1.16. The Labute approximate surface area is 263 Å². The summed E-state index contributed by atoms with van der Waals surface area (Å²) in [7, 11) is 0. The Bertz CT molecular complexity index is 2730. The molecule has 45 heavy (non-hydrogen) atoms. The van der Waals surface area contributed by atoms with E-state index in [4.69, 9.17) is 0 Å². The third-order valence-corrected chi connectivity index (χ3v) is 10.4. The van der Waals surface area contributed by atoms with Crippen molar-refractivity contribution >= 4 is 75.1 Å². The number of aromatic nitrogens is 2. The Morgan fingerprint density at radius 2 is 0.889 bits per heavy atom. The van der Waals surface area contributed by atoms with Crippen molar-refractivity contribution < 1.29 is 0 Å². The maximum Gasteiger partial charge on any atom is 0.0789 e. The summed E-state index contributed by atoms with van der Waals surface area (Å²) >= 11 is 1.88. The van der Waals surface area contributed by atoms with Crippen LogP contribution in [-0.2, 0) is 0 Å². The van der Waals surface area contributed by atoms with Crippen molar-refractivity contribution in [2.24, 2.45) is 0 Å². The van der Waals surface area contributed by atoms with E-state index in [1.165, 1.54) is 80.6 Å². The summed E-state index contributed by atoms with van der Waals surface area (Å²) in [6.45, 7) is 0. The van der Waals surface area contributed by atoms with Gasteiger partial charge >= 0.3 is 0 Å². The van der Waals surface area contributed by atoms with Gasteiger partial charge < -0.3 is 9.13 Å². The van der Waals surface area contributed by atoms with E-state index in [-0.39, 0.29) is 0 Å². The van der Waals surface area contributed by atoms with Crippen molar-refractivity contribution in [3.63, 3.8) is 0 Å². The van der Waals surface area contributed by atoms with Crippen molar-refractivity contribution in [3.8, 4) is 22.5 Å². The van der Waals surface area contributed by atoms with Crippen molar-refractivity contribution in [2.75, 3.05) is 0 Å². The standard InChI is InChI=1S/C42H26N2S/c1-3-11-27(12-4-1)28-19-21-30(22-20-28)44-40-33(25-26-38-39(40)35-16-8-10-18-37(35)45-38)34-24-23-32-31-15-7-9-17-36(31)43(41(32)42(34)44)29-13-5-2-6-14-29/h1-26H. The Hall–Kier alpha value is -5.64. The molecule has 0 aliphatic carbocycles. The zero-order valence-corrected chi connectivity index (χ0v) is 25.1. The van der Waals surface area contributed by atoms with Crippen LogP contribution in [0.25, 0.3) is 86.3 Å². The number of fused-ring (bicyclic) bond motifs is 11. The van der Waals surface area contributed by atoms with Gasteiger partial charge in [0.25, 0.3) is 0 Å². The molecule has 0 N–H and O–H groups in total. The molecule has 0 atom stereocenters. The lowest BCUT2D eigenvalue weighted by Gasteiger charge is -2.13. The highest BCUT2D eigenvalue weighted by molar-refractivity contribution is 7.26. The lowest BCUT2D eigenvalue weighted by Crippen LogP contribution is -1.99. The molecule has 0 fully saturated rings. The smallest absolute Gasteiger partial charge is 0.0789 e. The molecule has 10 rings (SSSR count). The Morgan fingerprint density at radius 3 is 1.69 bits per heavy atom. The molecule has 3 heterocycles. The zero-order chi connectivity index (χ0) is 29.5. The molecule has 0 spiro atoms. The molecule has 3 heteroatoms. The maximum atomic E-state index is 2.54. The number of para-hydroxylation sites is 2. The number of hydrogen-bond donors (Lipinski definition) is 0. The zero-order valence-electron chi connectivity index (χ0n) is 24.3. The molecule has 0 saturated carbocycles. The third kappa shape index (κ3) is 3.50. The van der Waals surface area contributed by atoms with Crippen LogP contribution in [0.3, 0.4) is 0 Å². The minimum atomic E-state index is 1.16. The molecule has 210 valence electrons. The normalized spacial score (nSPS) is 12.0. The van der Waals surface area contributed by atoms with E-state index in [0.717, 1.165) is 5.69 Å².